The van der Waals surface area contributed by atoms with Gasteiger partial charge in [-0.15, -0.1) is 0 Å². The van der Waals surface area contributed by atoms with E-state index < -0.39 is 0 Å². The number of furan rings is 1. The molecule has 2 unspecified atom stereocenters. The molecule has 0 radical (unpaired) electrons. The van der Waals surface area contributed by atoms with E-state index in [9.17, 15) is 0 Å². The van der Waals surface area contributed by atoms with Crippen LogP contribution in [-0.4, -0.2) is 10.6 Å². The van der Waals surface area contributed by atoms with Crippen LogP contribution in [0.4, 0.5) is 11.4 Å². The minimum absolute atomic E-state index is 0.237. The predicted octanol–water partition coefficient (Wildman–Crippen LogP) is 10.9. The minimum atomic E-state index is 0.237. The molecule has 0 saturated carbocycles. The normalized spacial score (nSPS) is 17.4. The molecule has 0 bridgehead atoms. The van der Waals surface area contributed by atoms with Crippen LogP contribution in [0, 0.1) is 0 Å². The van der Waals surface area contributed by atoms with Crippen LogP contribution in [0.25, 0.3) is 72.9 Å². The molecule has 3 heteroatoms. The lowest BCUT2D eigenvalue weighted by Gasteiger charge is -2.29. The molecule has 0 spiro atoms. The van der Waals surface area contributed by atoms with E-state index in [1.54, 1.807) is 0 Å². The van der Waals surface area contributed by atoms with Gasteiger partial charge in [-0.2, -0.15) is 0 Å². The third-order valence-corrected chi connectivity index (χ3v) is 11.1. The van der Waals surface area contributed by atoms with Crippen LogP contribution >= 0.6 is 0 Å². The topological polar surface area (TPSA) is 21.3 Å². The smallest absolute Gasteiger partial charge is 0.159 e. The van der Waals surface area contributed by atoms with E-state index in [0.29, 0.717) is 0 Å². The lowest BCUT2D eigenvalue weighted by atomic mass is 9.89. The number of rotatable bonds is 4. The summed E-state index contributed by atoms with van der Waals surface area (Å²) in [6, 6.07) is 48.9. The summed E-state index contributed by atoms with van der Waals surface area (Å²) in [5.74, 6) is 0.287. The molecule has 0 amide bonds. The first-order chi connectivity index (χ1) is 25.3. The van der Waals surface area contributed by atoms with Gasteiger partial charge in [-0.1, -0.05) is 121 Å². The first-order valence-electron chi connectivity index (χ1n) is 18.0. The average Bonchev–Trinajstić information content (AvgIpc) is 3.86. The van der Waals surface area contributed by atoms with Crippen LogP contribution in [0.3, 0.4) is 0 Å². The minimum Gasteiger partial charge on any atom is -0.454 e. The van der Waals surface area contributed by atoms with Crippen molar-refractivity contribution in [1.29, 1.82) is 0 Å². The van der Waals surface area contributed by atoms with Gasteiger partial charge in [0.2, 0.25) is 0 Å². The summed E-state index contributed by atoms with van der Waals surface area (Å²) in [4.78, 5) is 2.53. The van der Waals surface area contributed by atoms with Gasteiger partial charge in [0.25, 0.3) is 0 Å². The van der Waals surface area contributed by atoms with E-state index in [0.717, 1.165) is 40.5 Å². The molecule has 0 saturated heterocycles. The van der Waals surface area contributed by atoms with Crippen LogP contribution in [0.1, 0.15) is 24.3 Å². The van der Waals surface area contributed by atoms with Gasteiger partial charge in [-0.25, -0.2) is 0 Å². The number of nitrogens with zero attached hydrogens (tertiary/aromatic N) is 2. The van der Waals surface area contributed by atoms with Gasteiger partial charge in [0.1, 0.15) is 5.58 Å². The van der Waals surface area contributed by atoms with E-state index in [4.69, 9.17) is 4.42 Å². The monoisotopic (exact) mass is 654 g/mol. The first kappa shape index (κ1) is 28.5. The van der Waals surface area contributed by atoms with E-state index in [1.165, 1.54) is 60.7 Å². The molecule has 8 aromatic rings. The van der Waals surface area contributed by atoms with Gasteiger partial charge in [0.15, 0.2) is 5.58 Å². The third-order valence-electron chi connectivity index (χ3n) is 11.1. The van der Waals surface area contributed by atoms with Gasteiger partial charge >= 0.3 is 0 Å². The number of anilines is 2. The fraction of sp³-hybridized carbons (Fsp3) is 0.0833. The Kier molecular flexibility index (Phi) is 6.20. The van der Waals surface area contributed by atoms with E-state index in [-0.39, 0.29) is 12.0 Å². The van der Waals surface area contributed by atoms with Crippen LogP contribution in [0.15, 0.2) is 162 Å². The maximum atomic E-state index is 6.54. The van der Waals surface area contributed by atoms with Gasteiger partial charge < -0.3 is 13.9 Å². The zero-order chi connectivity index (χ0) is 33.5. The molecule has 51 heavy (non-hydrogen) atoms. The van der Waals surface area contributed by atoms with E-state index in [1.807, 2.05) is 6.07 Å². The molecule has 0 N–H and O–H groups in total. The Balaban J connectivity index is 1.05. The summed E-state index contributed by atoms with van der Waals surface area (Å²) < 4.78 is 8.96. The molecule has 2 aromatic heterocycles. The SMILES string of the molecule is C1=CC2c3cc(-c4ccc5c(c4)c4c(n5-c5cccc6c5oc5ccccc56)=CCCC=4)ccc3N(c3cccc(-c4ccccc4)c3)C2C=C1. The molecule has 3 nitrogen and oxygen atoms in total. The number of aromatic nitrogens is 1. The fourth-order valence-electron chi connectivity index (χ4n) is 8.83. The van der Waals surface area contributed by atoms with Crippen molar-refractivity contribution in [1.82, 2.24) is 4.57 Å². The number of hydrogen-bond donors (Lipinski definition) is 0. The summed E-state index contributed by atoms with van der Waals surface area (Å²) in [6.45, 7) is 0. The standard InChI is InChI=1S/C48H34N2O/c1-2-12-31(13-3-1)32-14-10-15-35(28-32)49-42-20-7-4-16-36(42)40-29-33(24-26-44(40)49)34-25-27-45-41(30-34)37-17-5-8-21-43(37)50(45)46-22-11-19-39-38-18-6-9-23-47(38)51-48(39)46/h1-4,6-7,9-30,36,42H,5,8H2. The molecular formula is C48H34N2O. The van der Waals surface area contributed by atoms with Gasteiger partial charge in [-0.3, -0.25) is 0 Å². The summed E-state index contributed by atoms with van der Waals surface area (Å²) in [5.41, 5.74) is 13.0. The van der Waals surface area contributed by atoms with Gasteiger partial charge in [0.05, 0.1) is 17.2 Å². The average molecular weight is 655 g/mol. The first-order valence-corrected chi connectivity index (χ1v) is 18.0. The molecule has 6 aromatic carbocycles. The van der Waals surface area contributed by atoms with Gasteiger partial charge in [-0.05, 0) is 89.2 Å². The van der Waals surface area contributed by atoms with Crippen LogP contribution < -0.4 is 15.5 Å². The van der Waals surface area contributed by atoms with Crippen molar-refractivity contribution in [3.63, 3.8) is 0 Å². The van der Waals surface area contributed by atoms with Gasteiger partial charge in [0, 0.05) is 44.0 Å². The second-order valence-electron chi connectivity index (χ2n) is 14.0. The van der Waals surface area contributed by atoms with E-state index in [2.05, 4.69) is 173 Å². The lowest BCUT2D eigenvalue weighted by molar-refractivity contribution is 0.665. The number of allylic oxidation sites excluding steroid dienone is 2. The fourth-order valence-corrected chi connectivity index (χ4v) is 8.83. The Labute approximate surface area is 296 Å². The Bertz CT molecular complexity index is 2890. The Morgan fingerprint density at radius 2 is 1.31 bits per heavy atom. The van der Waals surface area contributed by atoms with Crippen molar-refractivity contribution >= 4 is 56.4 Å². The van der Waals surface area contributed by atoms with Crippen molar-refractivity contribution in [3.8, 4) is 27.9 Å². The van der Waals surface area contributed by atoms with Crippen LogP contribution in [0.2, 0.25) is 0 Å². The quantitative estimate of drug-likeness (QED) is 0.188. The zero-order valence-corrected chi connectivity index (χ0v) is 28.0. The number of benzene rings is 6. The maximum Gasteiger partial charge on any atom is 0.159 e. The van der Waals surface area contributed by atoms with Crippen molar-refractivity contribution in [2.75, 3.05) is 4.90 Å². The summed E-state index contributed by atoms with van der Waals surface area (Å²) in [6.07, 6.45) is 16.0. The maximum absolute atomic E-state index is 6.54. The van der Waals surface area contributed by atoms with E-state index >= 15 is 0 Å². The van der Waals surface area contributed by atoms with Crippen molar-refractivity contribution in [2.24, 2.45) is 0 Å². The van der Waals surface area contributed by atoms with Crippen molar-refractivity contribution in [3.05, 3.63) is 174 Å². The predicted molar refractivity (Wildman–Crippen MR) is 212 cm³/mol. The number of fused-ring (bicyclic) bond motifs is 9. The zero-order valence-electron chi connectivity index (χ0n) is 28.0. The molecule has 11 rings (SSSR count). The molecule has 0 fully saturated rings. The summed E-state index contributed by atoms with van der Waals surface area (Å²) >= 11 is 0. The molecule has 242 valence electrons. The molecule has 3 heterocycles. The molecular weight excluding hydrogens is 621 g/mol. The number of para-hydroxylation sites is 2. The second kappa shape index (κ2) is 11.1. The Morgan fingerprint density at radius 3 is 2.27 bits per heavy atom. The van der Waals surface area contributed by atoms with Crippen molar-refractivity contribution < 1.29 is 4.42 Å². The van der Waals surface area contributed by atoms with Crippen LogP contribution in [-0.2, 0) is 0 Å². The lowest BCUT2D eigenvalue weighted by Crippen LogP contribution is -2.30. The molecule has 2 atom stereocenters. The number of hydrogen-bond acceptors (Lipinski definition) is 2. The van der Waals surface area contributed by atoms with Crippen LogP contribution in [0.5, 0.6) is 0 Å². The third kappa shape index (κ3) is 4.31. The molecule has 2 aliphatic carbocycles. The largest absolute Gasteiger partial charge is 0.454 e. The molecule has 1 aliphatic heterocycles. The highest BCUT2D eigenvalue weighted by molar-refractivity contribution is 6.08. The van der Waals surface area contributed by atoms with Crippen molar-refractivity contribution in [2.45, 2.75) is 24.8 Å². The highest BCUT2D eigenvalue weighted by Crippen LogP contribution is 2.49. The Hall–Kier alpha value is -6.32. The summed E-state index contributed by atoms with van der Waals surface area (Å²) in [7, 11) is 0. The summed E-state index contributed by atoms with van der Waals surface area (Å²) in [5, 5.41) is 6.16. The highest BCUT2D eigenvalue weighted by Gasteiger charge is 2.37. The Morgan fingerprint density at radius 1 is 0.549 bits per heavy atom. The second-order valence-corrected chi connectivity index (χ2v) is 14.0. The molecule has 3 aliphatic rings. The highest BCUT2D eigenvalue weighted by atomic mass is 16.3.